The monoisotopic (exact) mass is 150 g/mol. The van der Waals surface area contributed by atoms with Crippen LogP contribution in [0.4, 0.5) is 0 Å². The second-order valence-corrected chi connectivity index (χ2v) is 3.85. The molecule has 0 aromatic carbocycles. The van der Waals surface area contributed by atoms with Gasteiger partial charge in [0.25, 0.3) is 0 Å². The Balaban J connectivity index is 2.09. The Labute approximate surface area is 67.8 Å². The van der Waals surface area contributed by atoms with E-state index in [-0.39, 0.29) is 0 Å². The number of hydrogen-bond acceptors (Lipinski definition) is 2. The van der Waals surface area contributed by atoms with Crippen molar-refractivity contribution in [1.82, 2.24) is 4.90 Å². The molecule has 2 aliphatic rings. The molecule has 2 nitrogen and oxygen atoms in total. The maximum absolute atomic E-state index is 8.77. The van der Waals surface area contributed by atoms with Gasteiger partial charge >= 0.3 is 0 Å². The third-order valence-electron chi connectivity index (χ3n) is 3.28. The SMILES string of the molecule is CN1[C@H]2CC[C@H]1CC(C#N)C2. The van der Waals surface area contributed by atoms with Crippen LogP contribution in [0.1, 0.15) is 25.7 Å². The van der Waals surface area contributed by atoms with E-state index < -0.39 is 0 Å². The highest BCUT2D eigenvalue weighted by Crippen LogP contribution is 2.36. The van der Waals surface area contributed by atoms with Crippen LogP contribution in [-0.2, 0) is 0 Å². The van der Waals surface area contributed by atoms with Crippen LogP contribution in [0.5, 0.6) is 0 Å². The summed E-state index contributed by atoms with van der Waals surface area (Å²) in [6, 6.07) is 3.84. The van der Waals surface area contributed by atoms with E-state index in [1.807, 2.05) is 0 Å². The van der Waals surface area contributed by atoms with Crippen molar-refractivity contribution in [2.24, 2.45) is 5.92 Å². The van der Waals surface area contributed by atoms with Gasteiger partial charge in [-0.05, 0) is 32.7 Å². The first-order chi connectivity index (χ1) is 5.31. The first-order valence-electron chi connectivity index (χ1n) is 4.43. The molecule has 11 heavy (non-hydrogen) atoms. The Bertz CT molecular complexity index is 180. The fourth-order valence-electron chi connectivity index (χ4n) is 2.52. The van der Waals surface area contributed by atoms with Crippen LogP contribution >= 0.6 is 0 Å². The van der Waals surface area contributed by atoms with Gasteiger partial charge in [-0.2, -0.15) is 5.26 Å². The van der Waals surface area contributed by atoms with Crippen LogP contribution in [-0.4, -0.2) is 24.0 Å². The van der Waals surface area contributed by atoms with Gasteiger partial charge in [0.05, 0.1) is 6.07 Å². The molecule has 0 aromatic heterocycles. The van der Waals surface area contributed by atoms with Crippen molar-refractivity contribution >= 4 is 0 Å². The zero-order valence-corrected chi connectivity index (χ0v) is 6.95. The largest absolute Gasteiger partial charge is 0.300 e. The van der Waals surface area contributed by atoms with Crippen LogP contribution in [0.2, 0.25) is 0 Å². The van der Waals surface area contributed by atoms with Crippen LogP contribution < -0.4 is 0 Å². The molecule has 0 aliphatic carbocycles. The molecule has 2 saturated heterocycles. The summed E-state index contributed by atoms with van der Waals surface area (Å²) in [7, 11) is 2.20. The number of hydrogen-bond donors (Lipinski definition) is 0. The molecule has 2 heterocycles. The molecule has 2 bridgehead atoms. The molecule has 0 saturated carbocycles. The molecule has 0 radical (unpaired) electrons. The minimum absolute atomic E-state index is 0.351. The topological polar surface area (TPSA) is 27.0 Å². The van der Waals surface area contributed by atoms with Gasteiger partial charge in [-0.15, -0.1) is 0 Å². The molecular formula is C9H14N2. The summed E-state index contributed by atoms with van der Waals surface area (Å²) in [6.45, 7) is 0. The Morgan fingerprint density at radius 2 is 1.82 bits per heavy atom. The number of nitriles is 1. The number of nitrogens with zero attached hydrogens (tertiary/aromatic N) is 2. The summed E-state index contributed by atoms with van der Waals surface area (Å²) in [6.07, 6.45) is 4.87. The highest BCUT2D eigenvalue weighted by Gasteiger charge is 2.38. The molecule has 2 fully saturated rings. The zero-order valence-electron chi connectivity index (χ0n) is 6.95. The highest BCUT2D eigenvalue weighted by molar-refractivity contribution is 4.99. The first kappa shape index (κ1) is 7.12. The second kappa shape index (κ2) is 2.49. The number of rotatable bonds is 0. The quantitative estimate of drug-likeness (QED) is 0.521. The molecular weight excluding hydrogens is 136 g/mol. The molecule has 0 amide bonds. The van der Waals surface area contributed by atoms with Crippen molar-refractivity contribution in [2.45, 2.75) is 37.8 Å². The summed E-state index contributed by atoms with van der Waals surface area (Å²) >= 11 is 0. The van der Waals surface area contributed by atoms with E-state index >= 15 is 0 Å². The molecule has 0 aromatic rings. The lowest BCUT2D eigenvalue weighted by Crippen LogP contribution is -2.39. The van der Waals surface area contributed by atoms with Gasteiger partial charge in [-0.3, -0.25) is 0 Å². The third-order valence-corrected chi connectivity index (χ3v) is 3.28. The highest BCUT2D eigenvalue weighted by atomic mass is 15.2. The standard InChI is InChI=1S/C9H14N2/c1-11-8-2-3-9(11)5-7(4-8)6-10/h7-9H,2-5H2,1H3/t8-,9-/m0/s1. The Hall–Kier alpha value is -0.550. The summed E-state index contributed by atoms with van der Waals surface area (Å²) in [5.74, 6) is 0.351. The first-order valence-corrected chi connectivity index (χ1v) is 4.43. The molecule has 2 heteroatoms. The Kier molecular flexibility index (Phi) is 1.61. The van der Waals surface area contributed by atoms with E-state index in [0.29, 0.717) is 5.92 Å². The maximum Gasteiger partial charge on any atom is 0.0657 e. The molecule has 2 aliphatic heterocycles. The number of fused-ring (bicyclic) bond motifs is 2. The Morgan fingerprint density at radius 1 is 1.27 bits per heavy atom. The minimum atomic E-state index is 0.351. The molecule has 0 unspecified atom stereocenters. The van der Waals surface area contributed by atoms with Crippen molar-refractivity contribution in [3.8, 4) is 6.07 Å². The van der Waals surface area contributed by atoms with Crippen molar-refractivity contribution in [3.63, 3.8) is 0 Å². The van der Waals surface area contributed by atoms with E-state index in [1.165, 1.54) is 12.8 Å². The lowest BCUT2D eigenvalue weighted by atomic mass is 9.93. The molecule has 2 atom stereocenters. The van der Waals surface area contributed by atoms with Crippen molar-refractivity contribution < 1.29 is 0 Å². The van der Waals surface area contributed by atoms with Gasteiger partial charge < -0.3 is 4.90 Å². The summed E-state index contributed by atoms with van der Waals surface area (Å²) < 4.78 is 0. The van der Waals surface area contributed by atoms with E-state index in [1.54, 1.807) is 0 Å². The van der Waals surface area contributed by atoms with Crippen LogP contribution in [0.15, 0.2) is 0 Å². The number of piperidine rings is 1. The van der Waals surface area contributed by atoms with Crippen molar-refractivity contribution in [2.75, 3.05) is 7.05 Å². The van der Waals surface area contributed by atoms with Crippen molar-refractivity contribution in [3.05, 3.63) is 0 Å². The summed E-state index contributed by atoms with van der Waals surface area (Å²) in [4.78, 5) is 2.47. The summed E-state index contributed by atoms with van der Waals surface area (Å²) in [5, 5.41) is 8.77. The van der Waals surface area contributed by atoms with Gasteiger partial charge in [0.1, 0.15) is 0 Å². The second-order valence-electron chi connectivity index (χ2n) is 3.85. The predicted molar refractivity (Wildman–Crippen MR) is 42.9 cm³/mol. The zero-order chi connectivity index (χ0) is 7.84. The van der Waals surface area contributed by atoms with Crippen LogP contribution in [0.3, 0.4) is 0 Å². The van der Waals surface area contributed by atoms with E-state index in [4.69, 9.17) is 5.26 Å². The molecule has 0 spiro atoms. The predicted octanol–water partition coefficient (Wildman–Crippen LogP) is 1.38. The van der Waals surface area contributed by atoms with Gasteiger partial charge in [-0.1, -0.05) is 0 Å². The fraction of sp³-hybridized carbons (Fsp3) is 0.889. The van der Waals surface area contributed by atoms with E-state index in [9.17, 15) is 0 Å². The van der Waals surface area contributed by atoms with Gasteiger partial charge in [0.15, 0.2) is 0 Å². The minimum Gasteiger partial charge on any atom is -0.300 e. The van der Waals surface area contributed by atoms with Crippen LogP contribution in [0, 0.1) is 17.2 Å². The molecule has 2 rings (SSSR count). The van der Waals surface area contributed by atoms with Gasteiger partial charge in [-0.25, -0.2) is 0 Å². The normalized spacial score (nSPS) is 43.8. The van der Waals surface area contributed by atoms with Crippen molar-refractivity contribution in [1.29, 1.82) is 5.26 Å². The van der Waals surface area contributed by atoms with Crippen LogP contribution in [0.25, 0.3) is 0 Å². The Morgan fingerprint density at radius 3 is 2.27 bits per heavy atom. The lowest BCUT2D eigenvalue weighted by Gasteiger charge is -2.33. The van der Waals surface area contributed by atoms with E-state index in [0.717, 1.165) is 24.9 Å². The van der Waals surface area contributed by atoms with E-state index in [2.05, 4.69) is 18.0 Å². The third kappa shape index (κ3) is 1.04. The van der Waals surface area contributed by atoms with Gasteiger partial charge in [0, 0.05) is 18.0 Å². The average molecular weight is 150 g/mol. The molecule has 0 N–H and O–H groups in total. The summed E-state index contributed by atoms with van der Waals surface area (Å²) in [5.41, 5.74) is 0. The maximum atomic E-state index is 8.77. The lowest BCUT2D eigenvalue weighted by molar-refractivity contribution is 0.154. The smallest absolute Gasteiger partial charge is 0.0657 e. The fourth-order valence-corrected chi connectivity index (χ4v) is 2.52. The van der Waals surface area contributed by atoms with Gasteiger partial charge in [0.2, 0.25) is 0 Å². The molecule has 60 valence electrons. The average Bonchev–Trinajstić information content (AvgIpc) is 2.26.